The zero-order chi connectivity index (χ0) is 13.0. The molecule has 0 spiro atoms. The van der Waals surface area contributed by atoms with E-state index in [1.165, 1.54) is 18.4 Å². The second kappa shape index (κ2) is 4.16. The van der Waals surface area contributed by atoms with Gasteiger partial charge in [0.1, 0.15) is 5.78 Å². The molecule has 0 radical (unpaired) electrons. The van der Waals surface area contributed by atoms with Crippen LogP contribution in [0.25, 0.3) is 0 Å². The van der Waals surface area contributed by atoms with Crippen molar-refractivity contribution in [2.75, 3.05) is 0 Å². The van der Waals surface area contributed by atoms with Crippen LogP contribution in [0.1, 0.15) is 38.5 Å². The van der Waals surface area contributed by atoms with E-state index >= 15 is 0 Å². The van der Waals surface area contributed by atoms with Gasteiger partial charge in [0.2, 0.25) is 0 Å². The Hall–Kier alpha value is -1.18. The van der Waals surface area contributed by atoms with Gasteiger partial charge in [0.25, 0.3) is 0 Å². The summed E-state index contributed by atoms with van der Waals surface area (Å²) < 4.78 is 0. The first-order valence-corrected chi connectivity index (χ1v) is 7.69. The Bertz CT molecular complexity index is 499. The molecule has 4 aliphatic carbocycles. The van der Waals surface area contributed by atoms with Gasteiger partial charge in [-0.3, -0.25) is 9.59 Å². The largest absolute Gasteiger partial charge is 0.299 e. The van der Waals surface area contributed by atoms with Gasteiger partial charge >= 0.3 is 0 Å². The lowest BCUT2D eigenvalue weighted by molar-refractivity contribution is -0.123. The maximum absolute atomic E-state index is 11.9. The molecule has 0 aliphatic heterocycles. The Balaban J connectivity index is 1.63. The number of ketones is 2. The Morgan fingerprint density at radius 3 is 2.63 bits per heavy atom. The van der Waals surface area contributed by atoms with Crippen LogP contribution in [0.4, 0.5) is 0 Å². The minimum absolute atomic E-state index is 0.162. The topological polar surface area (TPSA) is 34.1 Å². The van der Waals surface area contributed by atoms with Crippen molar-refractivity contribution in [3.05, 3.63) is 23.8 Å². The van der Waals surface area contributed by atoms with Crippen LogP contribution in [0.5, 0.6) is 0 Å². The third-order valence-corrected chi connectivity index (χ3v) is 6.02. The summed E-state index contributed by atoms with van der Waals surface area (Å²) in [5, 5.41) is 0. The van der Waals surface area contributed by atoms with Crippen LogP contribution in [0.15, 0.2) is 23.8 Å². The molecular weight excluding hydrogens is 236 g/mol. The van der Waals surface area contributed by atoms with Gasteiger partial charge in [-0.2, -0.15) is 0 Å². The standard InChI is InChI=1S/C17H20O2/c18-11-2-4-12-10(9-11)1-3-14-13(12)5-6-16-15(14)7-8-17(16)19/h2,4,9,12-16H,1,3,5-8H2. The summed E-state index contributed by atoms with van der Waals surface area (Å²) in [7, 11) is 0. The first kappa shape index (κ1) is 11.6. The first-order chi connectivity index (χ1) is 9.24. The van der Waals surface area contributed by atoms with E-state index in [0.717, 1.165) is 31.6 Å². The highest BCUT2D eigenvalue weighted by molar-refractivity contribution is 6.00. The second-order valence-corrected chi connectivity index (χ2v) is 6.73. The Labute approximate surface area is 113 Å². The lowest BCUT2D eigenvalue weighted by Crippen LogP contribution is -2.40. The van der Waals surface area contributed by atoms with Crippen molar-refractivity contribution in [2.24, 2.45) is 29.6 Å². The summed E-state index contributed by atoms with van der Waals surface area (Å²) in [4.78, 5) is 23.4. The van der Waals surface area contributed by atoms with E-state index in [1.807, 2.05) is 6.08 Å². The number of hydrogen-bond acceptors (Lipinski definition) is 2. The van der Waals surface area contributed by atoms with E-state index in [-0.39, 0.29) is 5.78 Å². The van der Waals surface area contributed by atoms with Crippen LogP contribution in [-0.2, 0) is 9.59 Å². The van der Waals surface area contributed by atoms with Crippen molar-refractivity contribution in [2.45, 2.75) is 38.5 Å². The van der Waals surface area contributed by atoms with Crippen LogP contribution < -0.4 is 0 Å². The minimum atomic E-state index is 0.162. The van der Waals surface area contributed by atoms with Gasteiger partial charge in [0, 0.05) is 18.3 Å². The van der Waals surface area contributed by atoms with Crippen LogP contribution in [0, 0.1) is 29.6 Å². The smallest absolute Gasteiger partial charge is 0.178 e. The fraction of sp³-hybridized carbons (Fsp3) is 0.647. The fourth-order valence-corrected chi connectivity index (χ4v) is 5.24. The molecule has 0 amide bonds. The Morgan fingerprint density at radius 1 is 0.895 bits per heavy atom. The lowest BCUT2D eigenvalue weighted by atomic mass is 9.57. The quantitative estimate of drug-likeness (QED) is 0.667. The van der Waals surface area contributed by atoms with Gasteiger partial charge in [-0.15, -0.1) is 0 Å². The zero-order valence-corrected chi connectivity index (χ0v) is 11.2. The highest BCUT2D eigenvalue weighted by atomic mass is 16.1. The fourth-order valence-electron chi connectivity index (χ4n) is 5.24. The SMILES string of the molecule is O=C1C=CC2C(=C1)CCC1C2CCC2C(=O)CCC21. The number of carbonyl (C=O) groups excluding carboxylic acids is 2. The van der Waals surface area contributed by atoms with E-state index in [9.17, 15) is 9.59 Å². The molecule has 0 bridgehead atoms. The molecule has 0 saturated heterocycles. The lowest BCUT2D eigenvalue weighted by Gasteiger charge is -2.47. The van der Waals surface area contributed by atoms with Gasteiger partial charge in [0.15, 0.2) is 5.78 Å². The molecule has 0 aromatic rings. The number of allylic oxidation sites excluding steroid dienone is 4. The predicted octanol–water partition coefficient (Wildman–Crippen LogP) is 3.08. The highest BCUT2D eigenvalue weighted by Crippen LogP contribution is 2.54. The van der Waals surface area contributed by atoms with E-state index in [4.69, 9.17) is 0 Å². The maximum atomic E-state index is 11.9. The van der Waals surface area contributed by atoms with Crippen molar-refractivity contribution < 1.29 is 9.59 Å². The molecule has 4 aliphatic rings. The van der Waals surface area contributed by atoms with E-state index < -0.39 is 0 Å². The summed E-state index contributed by atoms with van der Waals surface area (Å²) in [5.41, 5.74) is 1.36. The Morgan fingerprint density at radius 2 is 1.74 bits per heavy atom. The summed E-state index contributed by atoms with van der Waals surface area (Å²) in [6.45, 7) is 0. The van der Waals surface area contributed by atoms with Crippen molar-refractivity contribution in [1.29, 1.82) is 0 Å². The van der Waals surface area contributed by atoms with Crippen LogP contribution in [0.3, 0.4) is 0 Å². The molecule has 3 saturated carbocycles. The van der Waals surface area contributed by atoms with Gasteiger partial charge in [-0.05, 0) is 62.0 Å². The average molecular weight is 256 g/mol. The molecule has 4 rings (SSSR count). The van der Waals surface area contributed by atoms with Gasteiger partial charge < -0.3 is 0 Å². The molecule has 100 valence electrons. The first-order valence-electron chi connectivity index (χ1n) is 7.69. The van der Waals surface area contributed by atoms with E-state index in [2.05, 4.69) is 6.08 Å². The third kappa shape index (κ3) is 1.69. The molecule has 19 heavy (non-hydrogen) atoms. The van der Waals surface area contributed by atoms with Crippen LogP contribution >= 0.6 is 0 Å². The number of fused-ring (bicyclic) bond motifs is 5. The number of carbonyl (C=O) groups is 2. The van der Waals surface area contributed by atoms with Crippen LogP contribution in [-0.4, -0.2) is 11.6 Å². The average Bonchev–Trinajstić information content (AvgIpc) is 2.80. The number of hydrogen-bond donors (Lipinski definition) is 0. The molecule has 5 unspecified atom stereocenters. The van der Waals surface area contributed by atoms with Gasteiger partial charge in [0.05, 0.1) is 0 Å². The van der Waals surface area contributed by atoms with Gasteiger partial charge in [-0.1, -0.05) is 11.6 Å². The summed E-state index contributed by atoms with van der Waals surface area (Å²) in [5.74, 6) is 3.63. The summed E-state index contributed by atoms with van der Waals surface area (Å²) in [6.07, 6.45) is 12.2. The van der Waals surface area contributed by atoms with Crippen LogP contribution in [0.2, 0.25) is 0 Å². The van der Waals surface area contributed by atoms with Crippen molar-refractivity contribution in [3.63, 3.8) is 0 Å². The monoisotopic (exact) mass is 256 g/mol. The molecule has 0 heterocycles. The normalized spacial score (nSPS) is 44.4. The molecule has 5 atom stereocenters. The molecule has 2 nitrogen and oxygen atoms in total. The maximum Gasteiger partial charge on any atom is 0.178 e. The van der Waals surface area contributed by atoms with Crippen molar-refractivity contribution in [3.8, 4) is 0 Å². The number of rotatable bonds is 0. The molecule has 0 aromatic heterocycles. The molecule has 0 N–H and O–H groups in total. The molecule has 2 heteroatoms. The highest BCUT2D eigenvalue weighted by Gasteiger charge is 2.49. The summed E-state index contributed by atoms with van der Waals surface area (Å²) >= 11 is 0. The van der Waals surface area contributed by atoms with E-state index in [1.54, 1.807) is 6.08 Å². The second-order valence-electron chi connectivity index (χ2n) is 6.73. The molecule has 3 fully saturated rings. The molecule has 0 aromatic carbocycles. The number of Topliss-reactive ketones (excluding diaryl/α,β-unsaturated/α-hetero) is 1. The molecular formula is C17H20O2. The van der Waals surface area contributed by atoms with Gasteiger partial charge in [-0.25, -0.2) is 0 Å². The minimum Gasteiger partial charge on any atom is -0.299 e. The van der Waals surface area contributed by atoms with E-state index in [0.29, 0.717) is 29.5 Å². The third-order valence-electron chi connectivity index (χ3n) is 6.02. The van der Waals surface area contributed by atoms with Crippen molar-refractivity contribution in [1.82, 2.24) is 0 Å². The zero-order valence-electron chi connectivity index (χ0n) is 11.2. The Kier molecular flexibility index (Phi) is 2.54. The van der Waals surface area contributed by atoms with Crippen molar-refractivity contribution >= 4 is 11.6 Å². The predicted molar refractivity (Wildman–Crippen MR) is 72.4 cm³/mol. The summed E-state index contributed by atoms with van der Waals surface area (Å²) in [6, 6.07) is 0.